The van der Waals surface area contributed by atoms with Crippen LogP contribution in [0.3, 0.4) is 0 Å². The van der Waals surface area contributed by atoms with E-state index in [4.69, 9.17) is 9.40 Å². The maximum atomic E-state index is 12.8. The van der Waals surface area contributed by atoms with Gasteiger partial charge in [-0.2, -0.15) is 0 Å². The fraction of sp³-hybridized carbons (Fsp3) is 0.172. The fourth-order valence-electron chi connectivity index (χ4n) is 8.13. The largest absolute Gasteiger partial charge is 0.501 e. The van der Waals surface area contributed by atoms with Crippen LogP contribution < -0.4 is 0 Å². The molecule has 0 aliphatic carbocycles. The van der Waals surface area contributed by atoms with Gasteiger partial charge in [0.05, 0.1) is 22.4 Å². The van der Waals surface area contributed by atoms with Crippen LogP contribution in [0.15, 0.2) is 168 Å². The molecule has 10 rings (SSSR count). The van der Waals surface area contributed by atoms with Gasteiger partial charge < -0.3 is 14.0 Å². The smallest absolute Gasteiger partial charge is 0.121 e. The number of rotatable bonds is 7. The average Bonchev–Trinajstić information content (AvgIpc) is 3.87. The maximum absolute atomic E-state index is 12.8. The normalized spacial score (nSPS) is 12.4. The van der Waals surface area contributed by atoms with Crippen LogP contribution >= 0.6 is 0 Å². The van der Waals surface area contributed by atoms with E-state index in [1.54, 1.807) is 6.07 Å². The minimum absolute atomic E-state index is 0. The molecule has 0 amide bonds. The summed E-state index contributed by atoms with van der Waals surface area (Å²) in [5.41, 5.74) is 13.5. The molecule has 3 aromatic heterocycles. The summed E-state index contributed by atoms with van der Waals surface area (Å²) in [5.74, 6) is -1.61. The molecule has 0 bridgehead atoms. The van der Waals surface area contributed by atoms with Crippen molar-refractivity contribution < 1.29 is 31.7 Å². The van der Waals surface area contributed by atoms with E-state index in [2.05, 4.69) is 109 Å². The van der Waals surface area contributed by atoms with E-state index in [0.29, 0.717) is 11.4 Å². The Kier molecular flexibility index (Phi) is 11.9. The first-order chi connectivity index (χ1) is 31.0. The molecule has 6 heteroatoms. The number of furan rings is 1. The van der Waals surface area contributed by atoms with Crippen LogP contribution in [0.25, 0.3) is 83.6 Å². The molecule has 0 fully saturated rings. The Labute approximate surface area is 392 Å². The van der Waals surface area contributed by atoms with Crippen LogP contribution in [0.4, 0.5) is 4.39 Å². The zero-order valence-electron chi connectivity index (χ0n) is 39.0. The molecule has 0 saturated heterocycles. The van der Waals surface area contributed by atoms with Crippen molar-refractivity contribution in [1.82, 2.24) is 14.5 Å². The third-order valence-corrected chi connectivity index (χ3v) is 11.5. The first kappa shape index (κ1) is 41.5. The summed E-state index contributed by atoms with van der Waals surface area (Å²) in [7, 11) is 0. The third-order valence-electron chi connectivity index (χ3n) is 11.5. The van der Waals surface area contributed by atoms with Gasteiger partial charge in [0.2, 0.25) is 0 Å². The Hall–Kier alpha value is -6.46. The molecule has 3 heterocycles. The number of hydrogen-bond donors (Lipinski definition) is 0. The van der Waals surface area contributed by atoms with Gasteiger partial charge in [0.25, 0.3) is 0 Å². The summed E-state index contributed by atoms with van der Waals surface area (Å²) in [6, 6.07) is 58.0. The van der Waals surface area contributed by atoms with Gasteiger partial charge in [-0.15, -0.1) is 48.0 Å². The third kappa shape index (κ3) is 8.73. The van der Waals surface area contributed by atoms with Crippen LogP contribution in [0, 0.1) is 17.9 Å². The SMILES string of the molecule is CC(C)(C)c1ccc(-c2[c-]cc(F)cc2)nc1.[2H]C(C)(C)c1cc(-c2ccccc2)cc(C([2H])(C)C)c1-n1c(-c2[c-]ccc3c2oc2cc(-c4ccccc4)ccc23)nc2ccccc21.[Ir]. The average molecular weight is 1020 g/mol. The number of hydrogen-bond acceptors (Lipinski definition) is 3. The second kappa shape index (κ2) is 18.3. The Morgan fingerprint density at radius 3 is 1.94 bits per heavy atom. The zero-order valence-corrected chi connectivity index (χ0v) is 39.4. The van der Waals surface area contributed by atoms with E-state index in [-0.39, 0.29) is 31.3 Å². The summed E-state index contributed by atoms with van der Waals surface area (Å²) in [6.45, 7) is 14.1. The van der Waals surface area contributed by atoms with E-state index in [9.17, 15) is 7.13 Å². The first-order valence-corrected chi connectivity index (χ1v) is 21.3. The van der Waals surface area contributed by atoms with Gasteiger partial charge in [0.1, 0.15) is 5.58 Å². The standard InChI is InChI=1S/C43H35N2O.C15H15FN.Ir/c1-27(2)36-24-32(30-16-9-6-10-17-30)25-37(28(3)4)41(36)45-39-21-12-11-20-38(39)44-43(45)35-19-13-18-34-33-23-22-31(26-40(33)46-42(34)35)29-14-7-5-8-15-29;1-15(2,3)12-6-9-14(17-10-12)11-4-7-13(16)8-5-11;/h5-18,20-28H,1-4H3;4,6-10H,1-3H3;/q2*-1;/i27D,28D;;. The van der Waals surface area contributed by atoms with Crippen molar-refractivity contribution in [2.45, 2.75) is 65.7 Å². The molecule has 4 nitrogen and oxygen atoms in total. The van der Waals surface area contributed by atoms with E-state index >= 15 is 0 Å². The van der Waals surface area contributed by atoms with Crippen molar-refractivity contribution in [3.05, 3.63) is 199 Å². The van der Waals surface area contributed by atoms with E-state index in [1.165, 1.54) is 17.7 Å². The molecule has 64 heavy (non-hydrogen) atoms. The first-order valence-electron chi connectivity index (χ1n) is 22.3. The second-order valence-corrected chi connectivity index (χ2v) is 17.4. The molecule has 321 valence electrons. The molecular weight excluding hydrogens is 966 g/mol. The van der Waals surface area contributed by atoms with Gasteiger partial charge in [0.15, 0.2) is 0 Å². The molecule has 0 unspecified atom stereocenters. The molecule has 0 spiro atoms. The number of nitrogens with zero attached hydrogens (tertiary/aromatic N) is 3. The van der Waals surface area contributed by atoms with Gasteiger partial charge in [-0.3, -0.25) is 9.37 Å². The van der Waals surface area contributed by atoms with E-state index in [1.807, 2.05) is 107 Å². The Bertz CT molecular complexity index is 3270. The molecule has 0 atom stereocenters. The van der Waals surface area contributed by atoms with Crippen LogP contribution in [0.1, 0.15) is 79.7 Å². The molecule has 0 N–H and O–H groups in total. The number of pyridine rings is 1. The van der Waals surface area contributed by atoms with Crippen LogP contribution in [0.2, 0.25) is 0 Å². The Morgan fingerprint density at radius 2 is 1.33 bits per heavy atom. The van der Waals surface area contributed by atoms with Crippen LogP contribution in [-0.2, 0) is 25.5 Å². The van der Waals surface area contributed by atoms with E-state index in [0.717, 1.165) is 83.3 Å². The molecule has 0 aliphatic rings. The number of benzene rings is 7. The number of imidazole rings is 1. The minimum atomic E-state index is -0.994. The predicted octanol–water partition coefficient (Wildman–Crippen LogP) is 16.0. The van der Waals surface area contributed by atoms with Crippen LogP contribution in [0.5, 0.6) is 0 Å². The van der Waals surface area contributed by atoms with Crippen LogP contribution in [-0.4, -0.2) is 14.5 Å². The van der Waals surface area contributed by atoms with Crippen molar-refractivity contribution in [2.75, 3.05) is 0 Å². The number of fused-ring (bicyclic) bond motifs is 4. The fourth-order valence-corrected chi connectivity index (χ4v) is 8.13. The summed E-state index contributed by atoms with van der Waals surface area (Å²) in [6.07, 6.45) is 1.87. The molecule has 1 radical (unpaired) electrons. The second-order valence-electron chi connectivity index (χ2n) is 17.4. The molecule has 7 aromatic carbocycles. The molecular formula is C58H50FIrN3O-2. The monoisotopic (exact) mass is 1020 g/mol. The number of halogens is 1. The summed E-state index contributed by atoms with van der Waals surface area (Å²) in [4.78, 5) is 9.61. The van der Waals surface area contributed by atoms with Gasteiger partial charge in [-0.05, 0) is 92.2 Å². The zero-order chi connectivity index (χ0) is 45.7. The molecule has 0 saturated carbocycles. The van der Waals surface area contributed by atoms with Gasteiger partial charge >= 0.3 is 0 Å². The molecule has 10 aromatic rings. The Balaban J connectivity index is 0.000000278. The maximum Gasteiger partial charge on any atom is 0.121 e. The molecule has 0 aliphatic heterocycles. The van der Waals surface area contributed by atoms with E-state index < -0.39 is 11.8 Å². The Morgan fingerprint density at radius 1 is 0.672 bits per heavy atom. The minimum Gasteiger partial charge on any atom is -0.501 e. The van der Waals surface area contributed by atoms with Gasteiger partial charge in [-0.25, -0.2) is 0 Å². The predicted molar refractivity (Wildman–Crippen MR) is 259 cm³/mol. The van der Waals surface area contributed by atoms with Crippen molar-refractivity contribution in [3.8, 4) is 50.6 Å². The number of para-hydroxylation sites is 2. The van der Waals surface area contributed by atoms with Crippen molar-refractivity contribution in [1.29, 1.82) is 0 Å². The van der Waals surface area contributed by atoms with Gasteiger partial charge in [-0.1, -0.05) is 156 Å². The summed E-state index contributed by atoms with van der Waals surface area (Å²) < 4.78 is 40.5. The summed E-state index contributed by atoms with van der Waals surface area (Å²) in [5, 5.41) is 2.01. The number of aromatic nitrogens is 3. The van der Waals surface area contributed by atoms with Crippen molar-refractivity contribution in [3.63, 3.8) is 0 Å². The van der Waals surface area contributed by atoms with Crippen molar-refractivity contribution in [2.24, 2.45) is 0 Å². The quantitative estimate of drug-likeness (QED) is 0.149. The topological polar surface area (TPSA) is 43.9 Å². The van der Waals surface area contributed by atoms with Gasteiger partial charge in [0, 0.05) is 45.9 Å². The summed E-state index contributed by atoms with van der Waals surface area (Å²) >= 11 is 0. The van der Waals surface area contributed by atoms with Crippen molar-refractivity contribution >= 4 is 33.0 Å².